The lowest BCUT2D eigenvalue weighted by Gasteiger charge is -2.32. The number of unbranched alkanes of at least 4 members (excludes halogenated alkanes) is 1. The number of carbonyl (C=O) groups is 6. The van der Waals surface area contributed by atoms with Crippen LogP contribution in [0.15, 0.2) is 60.7 Å². The van der Waals surface area contributed by atoms with Crippen molar-refractivity contribution in [3.05, 3.63) is 71.8 Å². The first-order valence-corrected chi connectivity index (χ1v) is 18.7. The van der Waals surface area contributed by atoms with Gasteiger partial charge in [-0.1, -0.05) is 67.6 Å². The van der Waals surface area contributed by atoms with Crippen molar-refractivity contribution < 1.29 is 43.3 Å². The molecule has 0 bridgehead atoms. The summed E-state index contributed by atoms with van der Waals surface area (Å²) in [6, 6.07) is 12.0. The number of rotatable bonds is 22. The Morgan fingerprint density at radius 3 is 2.00 bits per heavy atom. The van der Waals surface area contributed by atoms with Gasteiger partial charge in [0.25, 0.3) is 0 Å². The Kier molecular flexibility index (Phi) is 18.9. The Balaban J connectivity index is 1.71. The number of benzene rings is 2. The Hall–Kier alpha value is -5.91. The van der Waals surface area contributed by atoms with Crippen LogP contribution in [-0.4, -0.2) is 96.8 Å². The van der Waals surface area contributed by atoms with Crippen LogP contribution in [0.1, 0.15) is 63.0 Å². The summed E-state index contributed by atoms with van der Waals surface area (Å²) in [6.45, 7) is 2.98. The molecule has 1 saturated heterocycles. The van der Waals surface area contributed by atoms with Crippen LogP contribution in [0.25, 0.3) is 0 Å². The molecule has 1 unspecified atom stereocenters. The van der Waals surface area contributed by atoms with E-state index in [0.717, 1.165) is 5.56 Å². The van der Waals surface area contributed by atoms with Gasteiger partial charge in [0.2, 0.25) is 23.6 Å². The number of alkyl carbamates (subject to hydrolysis) is 1. The Morgan fingerprint density at radius 1 is 0.804 bits per heavy atom. The smallest absolute Gasteiger partial charge is 0.407 e. The molecule has 18 heteroatoms. The summed E-state index contributed by atoms with van der Waals surface area (Å²) < 4.78 is 10.7. The fraction of sp³-hybridized carbons (Fsp3) is 0.500. The average Bonchev–Trinajstić information content (AvgIpc) is 3.17. The second-order valence-electron chi connectivity index (χ2n) is 13.6. The summed E-state index contributed by atoms with van der Waals surface area (Å²) >= 11 is 0. The van der Waals surface area contributed by atoms with E-state index >= 15 is 0 Å². The molecule has 0 aliphatic carbocycles. The summed E-state index contributed by atoms with van der Waals surface area (Å²) in [5.41, 5.74) is 12.8. The number of nitrogens with one attached hydrogen (secondary N) is 7. The minimum atomic E-state index is -1.45. The number of carboxylic acid groups (broad SMARTS) is 1. The third-order valence-corrected chi connectivity index (χ3v) is 9.26. The maximum atomic E-state index is 14.1. The van der Waals surface area contributed by atoms with Crippen molar-refractivity contribution in [1.82, 2.24) is 31.9 Å². The molecule has 56 heavy (non-hydrogen) atoms. The van der Waals surface area contributed by atoms with Gasteiger partial charge in [-0.2, -0.15) is 0 Å². The quantitative estimate of drug-likeness (QED) is 0.0456. The molecule has 1 aliphatic heterocycles. The number of hydrogen-bond acceptors (Lipinski definition) is 9. The minimum absolute atomic E-state index is 0.0259. The molecule has 0 aromatic heterocycles. The average molecular weight is 782 g/mol. The normalized spacial score (nSPS) is 15.4. The van der Waals surface area contributed by atoms with Crippen molar-refractivity contribution in [2.45, 2.75) is 95.1 Å². The summed E-state index contributed by atoms with van der Waals surface area (Å²) in [7, 11) is 0. The van der Waals surface area contributed by atoms with Crippen molar-refractivity contribution in [3.8, 4) is 0 Å². The van der Waals surface area contributed by atoms with Crippen LogP contribution < -0.4 is 43.4 Å². The van der Waals surface area contributed by atoms with Crippen molar-refractivity contribution in [2.24, 2.45) is 17.4 Å². The van der Waals surface area contributed by atoms with Gasteiger partial charge in [0, 0.05) is 26.2 Å². The van der Waals surface area contributed by atoms with Crippen LogP contribution in [0, 0.1) is 11.3 Å². The summed E-state index contributed by atoms with van der Waals surface area (Å²) in [4.78, 5) is 77.8. The topological polar surface area (TPSA) is 289 Å². The van der Waals surface area contributed by atoms with E-state index in [1.54, 1.807) is 37.3 Å². The number of primary amides is 1. The van der Waals surface area contributed by atoms with Crippen molar-refractivity contribution in [3.63, 3.8) is 0 Å². The van der Waals surface area contributed by atoms with E-state index in [1.165, 1.54) is 0 Å². The van der Waals surface area contributed by atoms with Crippen LogP contribution in [0.2, 0.25) is 0 Å². The zero-order valence-corrected chi connectivity index (χ0v) is 31.6. The largest absolute Gasteiger partial charge is 0.465 e. The van der Waals surface area contributed by atoms with E-state index in [2.05, 4.69) is 31.9 Å². The van der Waals surface area contributed by atoms with Crippen molar-refractivity contribution in [2.75, 3.05) is 19.8 Å². The van der Waals surface area contributed by atoms with E-state index in [0.29, 0.717) is 44.5 Å². The third kappa shape index (κ3) is 16.2. The molecule has 2 aromatic rings. The predicted octanol–water partition coefficient (Wildman–Crippen LogP) is 0.980. The summed E-state index contributed by atoms with van der Waals surface area (Å²) in [5.74, 6) is -3.60. The highest BCUT2D eigenvalue weighted by molar-refractivity contribution is 5.95. The van der Waals surface area contributed by atoms with E-state index in [-0.39, 0.29) is 44.8 Å². The fourth-order valence-electron chi connectivity index (χ4n) is 6.24. The number of carbonyl (C=O) groups excluding carboxylic acids is 5. The SMILES string of the molecule is CCC(NC(=N)N)[C@@H](NC(=O)[C@H](Cc1ccccc1)NC(=O)O)C(=O)N[C@@H](CC1CCOCC1)C(=O)N[C@@H](CCCCNC(=O)OCc1ccccc1)C(N)=O. The predicted molar refractivity (Wildman–Crippen MR) is 206 cm³/mol. The molecular weight excluding hydrogens is 726 g/mol. The van der Waals surface area contributed by atoms with Crippen LogP contribution in [-0.2, 0) is 41.7 Å². The van der Waals surface area contributed by atoms with E-state index < -0.39 is 72.0 Å². The minimum Gasteiger partial charge on any atom is -0.465 e. The highest BCUT2D eigenvalue weighted by Gasteiger charge is 2.36. The monoisotopic (exact) mass is 781 g/mol. The highest BCUT2D eigenvalue weighted by atomic mass is 16.5. The number of hydrogen-bond donors (Lipinski definition) is 10. The summed E-state index contributed by atoms with van der Waals surface area (Å²) in [6.07, 6.45) is 0.532. The van der Waals surface area contributed by atoms with Gasteiger partial charge < -0.3 is 57.9 Å². The first kappa shape index (κ1) is 44.5. The van der Waals surface area contributed by atoms with Gasteiger partial charge in [0.05, 0.1) is 6.04 Å². The third-order valence-electron chi connectivity index (χ3n) is 9.26. The lowest BCUT2D eigenvalue weighted by Crippen LogP contribution is -2.64. The molecule has 0 radical (unpaired) electrons. The molecular formula is C38H55N9O9. The molecule has 1 aliphatic rings. The second kappa shape index (κ2) is 23.8. The molecule has 6 amide bonds. The van der Waals surface area contributed by atoms with Crippen molar-refractivity contribution in [1.29, 1.82) is 5.41 Å². The van der Waals surface area contributed by atoms with Crippen LogP contribution in [0.4, 0.5) is 9.59 Å². The van der Waals surface area contributed by atoms with Crippen LogP contribution in [0.5, 0.6) is 0 Å². The lowest BCUT2D eigenvalue weighted by atomic mass is 9.91. The number of nitrogens with two attached hydrogens (primary N) is 2. The fourth-order valence-corrected chi connectivity index (χ4v) is 6.24. The Labute approximate surface area is 326 Å². The Morgan fingerprint density at radius 2 is 1.41 bits per heavy atom. The second-order valence-corrected chi connectivity index (χ2v) is 13.6. The van der Waals surface area contributed by atoms with Crippen molar-refractivity contribution >= 4 is 41.8 Å². The molecule has 18 nitrogen and oxygen atoms in total. The van der Waals surface area contributed by atoms with Gasteiger partial charge in [-0.05, 0) is 62.0 Å². The van der Waals surface area contributed by atoms with Gasteiger partial charge in [-0.25, -0.2) is 9.59 Å². The molecule has 0 spiro atoms. The molecule has 2 aromatic carbocycles. The van der Waals surface area contributed by atoms with Crippen LogP contribution >= 0.6 is 0 Å². The Bertz CT molecular complexity index is 1590. The number of ether oxygens (including phenoxy) is 2. The maximum absolute atomic E-state index is 14.1. The van der Waals surface area contributed by atoms with Crippen LogP contribution in [0.3, 0.4) is 0 Å². The first-order valence-electron chi connectivity index (χ1n) is 18.7. The highest BCUT2D eigenvalue weighted by Crippen LogP contribution is 2.21. The van der Waals surface area contributed by atoms with Gasteiger partial charge >= 0.3 is 12.2 Å². The molecule has 3 rings (SSSR count). The van der Waals surface area contributed by atoms with Gasteiger partial charge in [-0.3, -0.25) is 24.6 Å². The van der Waals surface area contributed by atoms with Gasteiger partial charge in [0.15, 0.2) is 5.96 Å². The lowest BCUT2D eigenvalue weighted by molar-refractivity contribution is -0.134. The standard InChI is InChI=1S/C38H55N9O9/c1-2-27(45-36(40)41)31(47-34(50)30(46-37(52)53)21-24-11-5-3-6-12-24)35(51)44-29(22-25-16-19-55-20-17-25)33(49)43-28(32(39)48)15-9-10-18-42-38(54)56-23-26-13-7-4-8-14-26/h3-8,11-14,25,27-31,46H,2,9-10,15-23H2,1H3,(H2,39,48)(H,42,54)(H,43,49)(H,44,51)(H,47,50)(H,52,53)(H4,40,41,45)/t27?,28-,29-,30-,31+/m0/s1. The zero-order valence-electron chi connectivity index (χ0n) is 31.6. The van der Waals surface area contributed by atoms with Gasteiger partial charge in [0.1, 0.15) is 30.8 Å². The molecule has 5 atom stereocenters. The molecule has 0 saturated carbocycles. The zero-order chi connectivity index (χ0) is 40.9. The molecule has 1 fully saturated rings. The number of guanidine groups is 1. The van der Waals surface area contributed by atoms with Gasteiger partial charge in [-0.15, -0.1) is 0 Å². The molecule has 1 heterocycles. The molecule has 12 N–H and O–H groups in total. The maximum Gasteiger partial charge on any atom is 0.407 e. The van der Waals surface area contributed by atoms with E-state index in [1.807, 2.05) is 30.3 Å². The summed E-state index contributed by atoms with van der Waals surface area (Å²) in [5, 5.41) is 32.8. The van der Waals surface area contributed by atoms with E-state index in [9.17, 15) is 33.9 Å². The van der Waals surface area contributed by atoms with E-state index in [4.69, 9.17) is 26.4 Å². The molecule has 306 valence electrons. The number of amides is 6. The first-order chi connectivity index (χ1) is 26.9.